The first-order chi connectivity index (χ1) is 13.7. The van der Waals surface area contributed by atoms with E-state index in [9.17, 15) is 18.0 Å². The number of hydrogen-bond acceptors (Lipinski definition) is 5. The molecule has 0 radical (unpaired) electrons. The fourth-order valence-electron chi connectivity index (χ4n) is 2.36. The first-order valence-electron chi connectivity index (χ1n) is 8.99. The maximum atomic E-state index is 11.9. The first kappa shape index (κ1) is 22.3. The van der Waals surface area contributed by atoms with Gasteiger partial charge >= 0.3 is 5.97 Å². The summed E-state index contributed by atoms with van der Waals surface area (Å²) in [4.78, 5) is 23.6. The number of sulfonamides is 1. The maximum Gasteiger partial charge on any atom is 0.321 e. The zero-order valence-corrected chi connectivity index (χ0v) is 17.1. The van der Waals surface area contributed by atoms with Crippen LogP contribution >= 0.6 is 0 Å². The van der Waals surface area contributed by atoms with Crippen molar-refractivity contribution in [3.05, 3.63) is 76.7 Å². The Morgan fingerprint density at radius 1 is 1.07 bits per heavy atom. The lowest BCUT2D eigenvalue weighted by molar-refractivity contribution is -0.147. The summed E-state index contributed by atoms with van der Waals surface area (Å²) >= 11 is 0. The molecule has 0 unspecified atom stereocenters. The zero-order valence-electron chi connectivity index (χ0n) is 16.3. The highest BCUT2D eigenvalue weighted by Gasteiger charge is 2.13. The Hall–Kier alpha value is -2.97. The van der Waals surface area contributed by atoms with E-state index in [0.29, 0.717) is 5.56 Å². The summed E-state index contributed by atoms with van der Waals surface area (Å²) in [6.07, 6.45) is 1.42. The number of esters is 1. The molecule has 0 bridgehead atoms. The lowest BCUT2D eigenvalue weighted by Crippen LogP contribution is -2.34. The molecule has 0 aromatic heterocycles. The van der Waals surface area contributed by atoms with Crippen LogP contribution in [0.2, 0.25) is 0 Å². The normalized spacial score (nSPS) is 12.5. The van der Waals surface area contributed by atoms with E-state index in [1.165, 1.54) is 6.08 Å². The Morgan fingerprint density at radius 2 is 1.72 bits per heavy atom. The molecule has 0 saturated carbocycles. The van der Waals surface area contributed by atoms with Crippen molar-refractivity contribution in [3.63, 3.8) is 0 Å². The molecule has 8 heteroatoms. The fourth-order valence-corrected chi connectivity index (χ4v) is 3.11. The van der Waals surface area contributed by atoms with Gasteiger partial charge < -0.3 is 10.1 Å². The second kappa shape index (κ2) is 10.5. The Balaban J connectivity index is 1.74. The number of amides is 1. The molecule has 1 amide bonds. The second-order valence-electron chi connectivity index (χ2n) is 6.44. The molecule has 0 heterocycles. The second-order valence-corrected chi connectivity index (χ2v) is 8.09. The summed E-state index contributed by atoms with van der Waals surface area (Å²) in [5.74, 6) is -1.32. The van der Waals surface area contributed by atoms with Crippen LogP contribution in [0.15, 0.2) is 60.0 Å². The molecule has 2 aromatic carbocycles. The van der Waals surface area contributed by atoms with Crippen LogP contribution in [0.3, 0.4) is 0 Å². The van der Waals surface area contributed by atoms with E-state index < -0.39 is 35.1 Å². The highest BCUT2D eigenvalue weighted by atomic mass is 32.2. The van der Waals surface area contributed by atoms with E-state index in [1.54, 1.807) is 12.1 Å². The topological polar surface area (TPSA) is 102 Å². The van der Waals surface area contributed by atoms with Crippen molar-refractivity contribution in [1.29, 1.82) is 0 Å². The molecular formula is C21H24N2O5S. The number of hydrogen-bond donors (Lipinski definition) is 2. The molecule has 29 heavy (non-hydrogen) atoms. The number of nitrogens with one attached hydrogen (secondary N) is 2. The van der Waals surface area contributed by atoms with E-state index in [0.717, 1.165) is 16.5 Å². The lowest BCUT2D eigenvalue weighted by atomic mass is 10.1. The van der Waals surface area contributed by atoms with Crippen LogP contribution in [0, 0.1) is 6.92 Å². The van der Waals surface area contributed by atoms with Gasteiger partial charge in [-0.05, 0) is 31.1 Å². The van der Waals surface area contributed by atoms with Crippen LogP contribution in [0.1, 0.15) is 29.7 Å². The van der Waals surface area contributed by atoms with Crippen LogP contribution in [-0.2, 0) is 24.3 Å². The summed E-state index contributed by atoms with van der Waals surface area (Å²) in [7, 11) is -3.81. The summed E-state index contributed by atoms with van der Waals surface area (Å²) < 4.78 is 30.8. The van der Waals surface area contributed by atoms with Crippen LogP contribution in [0.4, 0.5) is 0 Å². The van der Waals surface area contributed by atoms with E-state index in [2.05, 4.69) is 10.0 Å². The third-order valence-corrected chi connectivity index (χ3v) is 5.02. The number of aryl methyl sites for hydroxylation is 1. The number of benzene rings is 2. The van der Waals surface area contributed by atoms with Crippen LogP contribution < -0.4 is 10.0 Å². The highest BCUT2D eigenvalue weighted by Crippen LogP contribution is 2.10. The van der Waals surface area contributed by atoms with Crippen LogP contribution in [-0.4, -0.2) is 33.4 Å². The van der Waals surface area contributed by atoms with Gasteiger partial charge in [-0.3, -0.25) is 9.59 Å². The van der Waals surface area contributed by atoms with Crippen molar-refractivity contribution in [2.75, 3.05) is 13.2 Å². The highest BCUT2D eigenvalue weighted by molar-refractivity contribution is 7.92. The Morgan fingerprint density at radius 3 is 2.38 bits per heavy atom. The van der Waals surface area contributed by atoms with Gasteiger partial charge in [-0.15, -0.1) is 0 Å². The minimum Gasteiger partial charge on any atom is -0.455 e. The smallest absolute Gasteiger partial charge is 0.321 e. The van der Waals surface area contributed by atoms with Gasteiger partial charge in [-0.1, -0.05) is 60.2 Å². The number of carbonyl (C=O) groups is 2. The molecule has 7 nitrogen and oxygen atoms in total. The first-order valence-corrected chi connectivity index (χ1v) is 10.5. The van der Waals surface area contributed by atoms with Gasteiger partial charge in [0, 0.05) is 5.41 Å². The SMILES string of the molecule is Cc1ccc(/C=C/S(=O)(=O)NCC(=O)OCC(=O)N[C@@H](C)c2ccccc2)cc1. The van der Waals surface area contributed by atoms with E-state index in [4.69, 9.17) is 4.74 Å². The summed E-state index contributed by atoms with van der Waals surface area (Å²) in [6.45, 7) is 2.68. The minimum absolute atomic E-state index is 0.243. The predicted molar refractivity (Wildman–Crippen MR) is 111 cm³/mol. The predicted octanol–water partition coefficient (Wildman–Crippen LogP) is 2.31. The van der Waals surface area contributed by atoms with Gasteiger partial charge in [-0.2, -0.15) is 0 Å². The summed E-state index contributed by atoms with van der Waals surface area (Å²) in [5.41, 5.74) is 2.70. The molecule has 0 aliphatic heterocycles. The zero-order chi connectivity index (χ0) is 21.3. The molecule has 2 N–H and O–H groups in total. The largest absolute Gasteiger partial charge is 0.455 e. The average Bonchev–Trinajstić information content (AvgIpc) is 2.71. The third-order valence-electron chi connectivity index (χ3n) is 3.98. The van der Waals surface area contributed by atoms with Crippen molar-refractivity contribution in [2.24, 2.45) is 0 Å². The van der Waals surface area contributed by atoms with Crippen molar-refractivity contribution in [1.82, 2.24) is 10.0 Å². The number of ether oxygens (including phenoxy) is 1. The standard InChI is InChI=1S/C21H24N2O5S/c1-16-8-10-18(11-9-16)12-13-29(26,27)22-14-21(25)28-15-20(24)23-17(2)19-6-4-3-5-7-19/h3-13,17,22H,14-15H2,1-2H3,(H,23,24)/b13-12+/t17-/m0/s1. The van der Waals surface area contributed by atoms with Gasteiger partial charge in [-0.25, -0.2) is 13.1 Å². The molecular weight excluding hydrogens is 392 g/mol. The minimum atomic E-state index is -3.81. The van der Waals surface area contributed by atoms with Gasteiger partial charge in [0.25, 0.3) is 5.91 Å². The Kier molecular flexibility index (Phi) is 8.11. The fraction of sp³-hybridized carbons (Fsp3) is 0.238. The van der Waals surface area contributed by atoms with Crippen LogP contribution in [0.25, 0.3) is 6.08 Å². The van der Waals surface area contributed by atoms with Gasteiger partial charge in [0.05, 0.1) is 6.04 Å². The van der Waals surface area contributed by atoms with Crippen molar-refractivity contribution < 1.29 is 22.7 Å². The lowest BCUT2D eigenvalue weighted by Gasteiger charge is -2.14. The molecule has 0 spiro atoms. The summed E-state index contributed by atoms with van der Waals surface area (Å²) in [6, 6.07) is 16.4. The van der Waals surface area contributed by atoms with E-state index >= 15 is 0 Å². The average molecular weight is 416 g/mol. The molecule has 0 aliphatic rings. The molecule has 154 valence electrons. The Labute approximate surface area is 170 Å². The number of carbonyl (C=O) groups excluding carboxylic acids is 2. The van der Waals surface area contributed by atoms with Crippen molar-refractivity contribution >= 4 is 28.0 Å². The molecule has 0 aliphatic carbocycles. The van der Waals surface area contributed by atoms with Crippen molar-refractivity contribution in [3.8, 4) is 0 Å². The molecule has 0 fully saturated rings. The van der Waals surface area contributed by atoms with Gasteiger partial charge in [0.1, 0.15) is 6.54 Å². The maximum absolute atomic E-state index is 11.9. The third kappa shape index (κ3) is 8.28. The molecule has 0 saturated heterocycles. The van der Waals surface area contributed by atoms with E-state index in [-0.39, 0.29) is 6.04 Å². The molecule has 1 atom stereocenters. The summed E-state index contributed by atoms with van der Waals surface area (Å²) in [5, 5.41) is 3.67. The molecule has 2 rings (SSSR count). The Bertz CT molecular complexity index is 954. The van der Waals surface area contributed by atoms with Gasteiger partial charge in [0.15, 0.2) is 6.61 Å². The van der Waals surface area contributed by atoms with Crippen molar-refractivity contribution in [2.45, 2.75) is 19.9 Å². The molecule has 2 aromatic rings. The monoisotopic (exact) mass is 416 g/mol. The van der Waals surface area contributed by atoms with Crippen LogP contribution in [0.5, 0.6) is 0 Å². The quantitative estimate of drug-likeness (QED) is 0.611. The van der Waals surface area contributed by atoms with E-state index in [1.807, 2.05) is 56.3 Å². The van der Waals surface area contributed by atoms with Gasteiger partial charge in [0.2, 0.25) is 10.0 Å². The number of rotatable bonds is 9.